The Hall–Kier alpha value is -1.11. The molecular formula is C8H13F3N4. The standard InChI is InChI=1S/C8H13F3N4/c1-5(2)15-7(8(9,10)11)6(4-12-3)13-14-15/h5,12H,4H2,1-3H3. The van der Waals surface area contributed by atoms with Gasteiger partial charge < -0.3 is 5.32 Å². The molecule has 1 rings (SSSR count). The van der Waals surface area contributed by atoms with E-state index in [-0.39, 0.29) is 18.3 Å². The van der Waals surface area contributed by atoms with E-state index in [9.17, 15) is 13.2 Å². The van der Waals surface area contributed by atoms with Gasteiger partial charge in [0, 0.05) is 12.6 Å². The van der Waals surface area contributed by atoms with Gasteiger partial charge >= 0.3 is 6.18 Å². The topological polar surface area (TPSA) is 42.7 Å². The molecule has 1 heterocycles. The first-order valence-electron chi connectivity index (χ1n) is 4.53. The van der Waals surface area contributed by atoms with Crippen LogP contribution in [-0.2, 0) is 12.7 Å². The third kappa shape index (κ3) is 2.47. The first-order valence-corrected chi connectivity index (χ1v) is 4.53. The number of hydrogen-bond acceptors (Lipinski definition) is 3. The summed E-state index contributed by atoms with van der Waals surface area (Å²) in [6.45, 7) is 3.32. The summed E-state index contributed by atoms with van der Waals surface area (Å²) in [6, 6.07) is -0.361. The lowest BCUT2D eigenvalue weighted by Crippen LogP contribution is -2.19. The van der Waals surface area contributed by atoms with E-state index in [2.05, 4.69) is 15.6 Å². The molecule has 0 atom stereocenters. The molecule has 0 aromatic carbocycles. The van der Waals surface area contributed by atoms with Gasteiger partial charge in [-0.3, -0.25) is 0 Å². The van der Waals surface area contributed by atoms with E-state index in [0.29, 0.717) is 0 Å². The zero-order chi connectivity index (χ0) is 11.6. The minimum absolute atomic E-state index is 0.0571. The SMILES string of the molecule is CNCc1nnn(C(C)C)c1C(F)(F)F. The number of rotatable bonds is 3. The monoisotopic (exact) mass is 222 g/mol. The van der Waals surface area contributed by atoms with Crippen LogP contribution in [-0.4, -0.2) is 22.0 Å². The summed E-state index contributed by atoms with van der Waals surface area (Å²) >= 11 is 0. The van der Waals surface area contributed by atoms with E-state index in [1.54, 1.807) is 20.9 Å². The Balaban J connectivity index is 3.21. The molecule has 7 heteroatoms. The van der Waals surface area contributed by atoms with Crippen molar-refractivity contribution < 1.29 is 13.2 Å². The van der Waals surface area contributed by atoms with Crippen molar-refractivity contribution in [3.8, 4) is 0 Å². The second kappa shape index (κ2) is 4.18. The highest BCUT2D eigenvalue weighted by molar-refractivity contribution is 5.14. The lowest BCUT2D eigenvalue weighted by Gasteiger charge is -2.13. The number of alkyl halides is 3. The van der Waals surface area contributed by atoms with Crippen LogP contribution in [0.15, 0.2) is 0 Å². The second-order valence-electron chi connectivity index (χ2n) is 3.45. The average molecular weight is 222 g/mol. The molecule has 0 bridgehead atoms. The lowest BCUT2D eigenvalue weighted by molar-refractivity contribution is -0.145. The fourth-order valence-corrected chi connectivity index (χ4v) is 1.27. The molecule has 1 N–H and O–H groups in total. The Morgan fingerprint density at radius 1 is 1.40 bits per heavy atom. The Morgan fingerprint density at radius 3 is 2.40 bits per heavy atom. The van der Waals surface area contributed by atoms with Crippen LogP contribution >= 0.6 is 0 Å². The van der Waals surface area contributed by atoms with Crippen LogP contribution in [0.3, 0.4) is 0 Å². The zero-order valence-corrected chi connectivity index (χ0v) is 8.76. The molecule has 0 amide bonds. The summed E-state index contributed by atoms with van der Waals surface area (Å²) in [7, 11) is 1.56. The van der Waals surface area contributed by atoms with Gasteiger partial charge in [-0.1, -0.05) is 5.21 Å². The molecule has 86 valence electrons. The number of halogens is 3. The molecule has 0 fully saturated rings. The molecule has 0 aliphatic carbocycles. The van der Waals surface area contributed by atoms with E-state index in [4.69, 9.17) is 0 Å². The molecule has 0 saturated heterocycles. The molecule has 1 aromatic rings. The molecule has 0 saturated carbocycles. The summed E-state index contributed by atoms with van der Waals surface area (Å²) in [6.07, 6.45) is -4.42. The fourth-order valence-electron chi connectivity index (χ4n) is 1.27. The van der Waals surface area contributed by atoms with Gasteiger partial charge in [0.1, 0.15) is 5.69 Å². The van der Waals surface area contributed by atoms with Gasteiger partial charge in [0.25, 0.3) is 0 Å². The molecule has 4 nitrogen and oxygen atoms in total. The number of hydrogen-bond donors (Lipinski definition) is 1. The molecule has 1 aromatic heterocycles. The lowest BCUT2D eigenvalue weighted by atomic mass is 10.2. The molecule has 0 aliphatic rings. The summed E-state index contributed by atoms with van der Waals surface area (Å²) < 4.78 is 39.0. The first kappa shape index (κ1) is 12.0. The zero-order valence-electron chi connectivity index (χ0n) is 8.76. The normalized spacial score (nSPS) is 12.5. The van der Waals surface area contributed by atoms with Crippen LogP contribution in [0.5, 0.6) is 0 Å². The van der Waals surface area contributed by atoms with Crippen molar-refractivity contribution in [3.63, 3.8) is 0 Å². The van der Waals surface area contributed by atoms with Crippen LogP contribution < -0.4 is 5.32 Å². The average Bonchev–Trinajstić information content (AvgIpc) is 2.47. The summed E-state index contributed by atoms with van der Waals surface area (Å²) in [5.74, 6) is 0. The van der Waals surface area contributed by atoms with E-state index < -0.39 is 11.9 Å². The van der Waals surface area contributed by atoms with E-state index in [1.807, 2.05) is 0 Å². The number of nitrogens with one attached hydrogen (secondary N) is 1. The summed E-state index contributed by atoms with van der Waals surface area (Å²) in [5.41, 5.74) is -0.842. The highest BCUT2D eigenvalue weighted by Gasteiger charge is 2.39. The molecule has 0 spiro atoms. The molecule has 0 radical (unpaired) electrons. The minimum Gasteiger partial charge on any atom is -0.314 e. The van der Waals surface area contributed by atoms with Crippen molar-refractivity contribution in [2.45, 2.75) is 32.6 Å². The summed E-state index contributed by atoms with van der Waals surface area (Å²) in [5, 5.41) is 9.66. The van der Waals surface area contributed by atoms with Crippen molar-refractivity contribution in [3.05, 3.63) is 11.4 Å². The Kier molecular flexibility index (Phi) is 3.33. The van der Waals surface area contributed by atoms with Gasteiger partial charge in [0.2, 0.25) is 0 Å². The Labute approximate surface area is 85.5 Å². The third-order valence-corrected chi connectivity index (χ3v) is 1.87. The van der Waals surface area contributed by atoms with Crippen LogP contribution in [0.1, 0.15) is 31.3 Å². The minimum atomic E-state index is -4.42. The van der Waals surface area contributed by atoms with Crippen LogP contribution in [0.2, 0.25) is 0 Å². The van der Waals surface area contributed by atoms with Gasteiger partial charge in [-0.25, -0.2) is 4.68 Å². The first-order chi connectivity index (χ1) is 6.88. The van der Waals surface area contributed by atoms with Gasteiger partial charge in [-0.15, -0.1) is 5.10 Å². The Bertz CT molecular complexity index is 329. The predicted octanol–water partition coefficient (Wildman–Crippen LogP) is 1.60. The Morgan fingerprint density at radius 2 is 2.00 bits per heavy atom. The largest absolute Gasteiger partial charge is 0.434 e. The van der Waals surface area contributed by atoms with Crippen LogP contribution in [0.4, 0.5) is 13.2 Å². The number of nitrogens with zero attached hydrogens (tertiary/aromatic N) is 3. The van der Waals surface area contributed by atoms with Gasteiger partial charge in [-0.2, -0.15) is 13.2 Å². The highest BCUT2D eigenvalue weighted by atomic mass is 19.4. The molecule has 0 aliphatic heterocycles. The maximum absolute atomic E-state index is 12.7. The van der Waals surface area contributed by atoms with Crippen LogP contribution in [0, 0.1) is 0 Å². The second-order valence-corrected chi connectivity index (χ2v) is 3.45. The smallest absolute Gasteiger partial charge is 0.314 e. The number of aromatic nitrogens is 3. The van der Waals surface area contributed by atoms with Crippen molar-refractivity contribution in [1.82, 2.24) is 20.3 Å². The molecular weight excluding hydrogens is 209 g/mol. The van der Waals surface area contributed by atoms with Gasteiger partial charge in [-0.05, 0) is 20.9 Å². The molecule has 15 heavy (non-hydrogen) atoms. The van der Waals surface area contributed by atoms with E-state index in [0.717, 1.165) is 4.68 Å². The fraction of sp³-hybridized carbons (Fsp3) is 0.750. The van der Waals surface area contributed by atoms with Gasteiger partial charge in [0.15, 0.2) is 5.69 Å². The van der Waals surface area contributed by atoms with Crippen LogP contribution in [0.25, 0.3) is 0 Å². The third-order valence-electron chi connectivity index (χ3n) is 1.87. The van der Waals surface area contributed by atoms with Gasteiger partial charge in [0.05, 0.1) is 0 Å². The summed E-state index contributed by atoms with van der Waals surface area (Å²) in [4.78, 5) is 0. The van der Waals surface area contributed by atoms with E-state index in [1.165, 1.54) is 0 Å². The maximum Gasteiger partial charge on any atom is 0.434 e. The predicted molar refractivity (Wildman–Crippen MR) is 48.2 cm³/mol. The highest BCUT2D eigenvalue weighted by Crippen LogP contribution is 2.32. The molecule has 0 unspecified atom stereocenters. The van der Waals surface area contributed by atoms with Crippen molar-refractivity contribution >= 4 is 0 Å². The van der Waals surface area contributed by atoms with Crippen molar-refractivity contribution in [2.24, 2.45) is 0 Å². The van der Waals surface area contributed by atoms with Crippen molar-refractivity contribution in [1.29, 1.82) is 0 Å². The van der Waals surface area contributed by atoms with Crippen molar-refractivity contribution in [2.75, 3.05) is 7.05 Å². The quantitative estimate of drug-likeness (QED) is 0.844. The maximum atomic E-state index is 12.7. The van der Waals surface area contributed by atoms with E-state index >= 15 is 0 Å².